The molecule has 0 aliphatic carbocycles. The molecule has 3 amide bonds. The molecule has 10 nitrogen and oxygen atoms in total. The summed E-state index contributed by atoms with van der Waals surface area (Å²) in [4.78, 5) is 28.8. The van der Waals surface area contributed by atoms with E-state index in [0.717, 1.165) is 5.56 Å². The second kappa shape index (κ2) is 7.97. The van der Waals surface area contributed by atoms with E-state index < -0.39 is 0 Å². The van der Waals surface area contributed by atoms with Gasteiger partial charge in [-0.25, -0.2) is 9.48 Å². The van der Waals surface area contributed by atoms with E-state index in [0.29, 0.717) is 54.8 Å². The van der Waals surface area contributed by atoms with Gasteiger partial charge in [-0.3, -0.25) is 4.79 Å². The van der Waals surface area contributed by atoms with E-state index in [9.17, 15) is 9.59 Å². The van der Waals surface area contributed by atoms with Crippen molar-refractivity contribution in [2.45, 2.75) is 13.8 Å². The number of amides is 3. The molecule has 0 unspecified atom stereocenters. The summed E-state index contributed by atoms with van der Waals surface area (Å²) in [5.74, 6) is 1.89. The Kier molecular flexibility index (Phi) is 5.21. The number of urea groups is 1. The fourth-order valence-electron chi connectivity index (χ4n) is 3.54. The summed E-state index contributed by atoms with van der Waals surface area (Å²) in [6.45, 7) is 5.47. The first-order valence-electron chi connectivity index (χ1n) is 9.67. The van der Waals surface area contributed by atoms with Gasteiger partial charge in [0.05, 0.1) is 5.56 Å². The molecule has 0 bridgehead atoms. The van der Waals surface area contributed by atoms with Gasteiger partial charge in [-0.1, -0.05) is 12.1 Å². The average molecular weight is 409 g/mol. The molecule has 1 aliphatic rings. The largest absolute Gasteiger partial charge is 0.466 e. The molecule has 0 radical (unpaired) electrons. The number of rotatable bonds is 3. The number of carbonyl (C=O) groups excluding carboxylic acids is 2. The molecule has 156 valence electrons. The highest BCUT2D eigenvalue weighted by atomic mass is 16.3. The van der Waals surface area contributed by atoms with Crippen molar-refractivity contribution in [3.05, 3.63) is 47.4 Å². The van der Waals surface area contributed by atoms with Crippen LogP contribution in [0, 0.1) is 13.8 Å². The van der Waals surface area contributed by atoms with Gasteiger partial charge in [0.2, 0.25) is 0 Å². The summed E-state index contributed by atoms with van der Waals surface area (Å²) in [7, 11) is 1.76. The van der Waals surface area contributed by atoms with Crippen LogP contribution in [0.25, 0.3) is 11.4 Å². The molecular formula is C20H23N7O3. The first-order valence-corrected chi connectivity index (χ1v) is 9.67. The fraction of sp³-hybridized carbons (Fsp3) is 0.350. The van der Waals surface area contributed by atoms with Crippen LogP contribution in [0.3, 0.4) is 0 Å². The molecule has 10 heteroatoms. The van der Waals surface area contributed by atoms with Gasteiger partial charge in [-0.05, 0) is 42.5 Å². The molecule has 3 aromatic rings. The second-order valence-electron chi connectivity index (χ2n) is 7.24. The number of benzene rings is 1. The van der Waals surface area contributed by atoms with Gasteiger partial charge in [0.25, 0.3) is 5.91 Å². The lowest BCUT2D eigenvalue weighted by Gasteiger charge is -2.34. The molecule has 0 atom stereocenters. The lowest BCUT2D eigenvalue weighted by Crippen LogP contribution is -2.51. The Balaban J connectivity index is 1.36. The molecule has 1 aromatic carbocycles. The smallest absolute Gasteiger partial charge is 0.321 e. The van der Waals surface area contributed by atoms with Gasteiger partial charge < -0.3 is 19.5 Å². The summed E-state index contributed by atoms with van der Waals surface area (Å²) >= 11 is 0. The molecule has 1 N–H and O–H groups in total. The third kappa shape index (κ3) is 3.88. The van der Waals surface area contributed by atoms with Crippen molar-refractivity contribution in [2.75, 3.05) is 31.5 Å². The zero-order valence-electron chi connectivity index (χ0n) is 17.1. The molecule has 0 spiro atoms. The van der Waals surface area contributed by atoms with Crippen LogP contribution in [-0.4, -0.2) is 68.1 Å². The van der Waals surface area contributed by atoms with Crippen LogP contribution in [0.1, 0.15) is 21.9 Å². The lowest BCUT2D eigenvalue weighted by atomic mass is 10.2. The minimum absolute atomic E-state index is 0.0607. The highest BCUT2D eigenvalue weighted by Gasteiger charge is 2.27. The fourth-order valence-corrected chi connectivity index (χ4v) is 3.54. The zero-order valence-corrected chi connectivity index (χ0v) is 17.1. The van der Waals surface area contributed by atoms with E-state index in [-0.39, 0.29) is 11.9 Å². The number of tetrazole rings is 1. The number of piperazine rings is 1. The van der Waals surface area contributed by atoms with Gasteiger partial charge >= 0.3 is 6.03 Å². The van der Waals surface area contributed by atoms with Crippen molar-refractivity contribution in [3.63, 3.8) is 0 Å². The van der Waals surface area contributed by atoms with E-state index >= 15 is 0 Å². The summed E-state index contributed by atoms with van der Waals surface area (Å²) < 4.78 is 7.03. The zero-order chi connectivity index (χ0) is 21.3. The Morgan fingerprint density at radius 3 is 2.43 bits per heavy atom. The van der Waals surface area contributed by atoms with Crippen LogP contribution < -0.4 is 5.32 Å². The van der Waals surface area contributed by atoms with Gasteiger partial charge in [-0.2, -0.15) is 0 Å². The van der Waals surface area contributed by atoms with Gasteiger partial charge in [0, 0.05) is 44.5 Å². The molecule has 30 heavy (non-hydrogen) atoms. The van der Waals surface area contributed by atoms with Crippen molar-refractivity contribution in [3.8, 4) is 11.4 Å². The number of carbonyl (C=O) groups is 2. The average Bonchev–Trinajstić information content (AvgIpc) is 3.32. The number of hydrogen-bond donors (Lipinski definition) is 1. The van der Waals surface area contributed by atoms with Crippen LogP contribution in [0.4, 0.5) is 10.5 Å². The maximum Gasteiger partial charge on any atom is 0.321 e. The SMILES string of the molecule is Cc1cc(C(=O)N2CCN(C(=O)Nc3cccc(-c4nnnn4C)c3)CC2)c(C)o1. The van der Waals surface area contributed by atoms with Crippen molar-refractivity contribution in [1.82, 2.24) is 30.0 Å². The Morgan fingerprint density at radius 2 is 1.80 bits per heavy atom. The lowest BCUT2D eigenvalue weighted by molar-refractivity contribution is 0.0670. The van der Waals surface area contributed by atoms with Crippen LogP contribution in [0.15, 0.2) is 34.7 Å². The molecule has 2 aromatic heterocycles. The van der Waals surface area contributed by atoms with Crippen LogP contribution >= 0.6 is 0 Å². The Bertz CT molecular complexity index is 1080. The van der Waals surface area contributed by atoms with Crippen LogP contribution in [0.5, 0.6) is 0 Å². The molecule has 4 rings (SSSR count). The molecule has 1 aliphatic heterocycles. The molecule has 0 saturated carbocycles. The Morgan fingerprint density at radius 1 is 1.07 bits per heavy atom. The second-order valence-corrected chi connectivity index (χ2v) is 7.24. The molecular weight excluding hydrogens is 386 g/mol. The highest BCUT2D eigenvalue weighted by Crippen LogP contribution is 2.21. The van der Waals surface area contributed by atoms with E-state index in [2.05, 4.69) is 20.8 Å². The van der Waals surface area contributed by atoms with E-state index in [1.165, 1.54) is 0 Å². The van der Waals surface area contributed by atoms with E-state index in [1.807, 2.05) is 31.2 Å². The number of anilines is 1. The van der Waals surface area contributed by atoms with Crippen LogP contribution in [-0.2, 0) is 7.05 Å². The highest BCUT2D eigenvalue weighted by molar-refractivity contribution is 5.95. The Labute approximate surface area is 173 Å². The van der Waals surface area contributed by atoms with Crippen LogP contribution in [0.2, 0.25) is 0 Å². The molecule has 1 fully saturated rings. The van der Waals surface area contributed by atoms with Crippen molar-refractivity contribution >= 4 is 17.6 Å². The first kappa shape index (κ1) is 19.6. The number of aryl methyl sites for hydroxylation is 3. The third-order valence-corrected chi connectivity index (χ3v) is 5.12. The first-order chi connectivity index (χ1) is 14.4. The normalized spacial score (nSPS) is 14.1. The maximum absolute atomic E-state index is 12.7. The van der Waals surface area contributed by atoms with E-state index in [4.69, 9.17) is 4.42 Å². The predicted octanol–water partition coefficient (Wildman–Crippen LogP) is 2.08. The summed E-state index contributed by atoms with van der Waals surface area (Å²) in [6, 6.07) is 8.92. The number of nitrogens with zero attached hydrogens (tertiary/aromatic N) is 6. The molecule has 3 heterocycles. The van der Waals surface area contributed by atoms with Gasteiger partial charge in [0.1, 0.15) is 11.5 Å². The number of hydrogen-bond acceptors (Lipinski definition) is 6. The quantitative estimate of drug-likeness (QED) is 0.709. The van der Waals surface area contributed by atoms with E-state index in [1.54, 1.807) is 34.5 Å². The standard InChI is InChI=1S/C20H23N7O3/c1-13-11-17(14(2)30-13)19(28)26-7-9-27(10-8-26)20(29)21-16-6-4-5-15(12-16)18-22-23-24-25(18)3/h4-6,11-12H,7-10H2,1-3H3,(H,21,29). The Hall–Kier alpha value is -3.69. The number of aromatic nitrogens is 4. The minimum atomic E-state index is -0.203. The predicted molar refractivity (Wildman–Crippen MR) is 109 cm³/mol. The van der Waals surface area contributed by atoms with Crippen molar-refractivity contribution in [1.29, 1.82) is 0 Å². The van der Waals surface area contributed by atoms with Gasteiger partial charge in [0.15, 0.2) is 5.82 Å². The maximum atomic E-state index is 12.7. The molecule has 1 saturated heterocycles. The summed E-state index contributed by atoms with van der Waals surface area (Å²) in [6.07, 6.45) is 0. The van der Waals surface area contributed by atoms with Crippen molar-refractivity contribution in [2.24, 2.45) is 7.05 Å². The minimum Gasteiger partial charge on any atom is -0.466 e. The monoisotopic (exact) mass is 409 g/mol. The summed E-state index contributed by atoms with van der Waals surface area (Å²) in [5.41, 5.74) is 2.05. The number of nitrogens with one attached hydrogen (secondary N) is 1. The third-order valence-electron chi connectivity index (χ3n) is 5.12. The number of furan rings is 1. The van der Waals surface area contributed by atoms with Crippen molar-refractivity contribution < 1.29 is 14.0 Å². The topological polar surface area (TPSA) is 109 Å². The summed E-state index contributed by atoms with van der Waals surface area (Å²) in [5, 5.41) is 14.4. The van der Waals surface area contributed by atoms with Gasteiger partial charge in [-0.15, -0.1) is 5.10 Å².